The average Bonchev–Trinajstić information content (AvgIpc) is 2.67. The number of aryl methyl sites for hydroxylation is 1. The highest BCUT2D eigenvalue weighted by atomic mass is 31.2. The summed E-state index contributed by atoms with van der Waals surface area (Å²) >= 11 is 0. The Labute approximate surface area is 180 Å². The summed E-state index contributed by atoms with van der Waals surface area (Å²) in [5, 5.41) is 0. The van der Waals surface area contributed by atoms with Crippen LogP contribution in [0, 0.1) is 5.92 Å². The van der Waals surface area contributed by atoms with Crippen molar-refractivity contribution >= 4 is 7.82 Å². The number of rotatable bonds is 6. The van der Waals surface area contributed by atoms with Gasteiger partial charge in [0.05, 0.1) is 12.7 Å². The van der Waals surface area contributed by atoms with Crippen LogP contribution >= 0.6 is 7.82 Å². The van der Waals surface area contributed by atoms with E-state index in [1.165, 1.54) is 5.57 Å². The van der Waals surface area contributed by atoms with Gasteiger partial charge in [-0.3, -0.25) is 9.05 Å². The first kappa shape index (κ1) is 21.7. The Morgan fingerprint density at radius 1 is 1.27 bits per heavy atom. The lowest BCUT2D eigenvalue weighted by atomic mass is 9.74. The molecule has 0 N–H and O–H groups in total. The van der Waals surface area contributed by atoms with E-state index >= 15 is 0 Å². The summed E-state index contributed by atoms with van der Waals surface area (Å²) in [5.41, 5.74) is 3.39. The summed E-state index contributed by atoms with van der Waals surface area (Å²) in [7, 11) is -3.67. The first-order valence-corrected chi connectivity index (χ1v) is 12.7. The molecule has 1 saturated heterocycles. The maximum atomic E-state index is 13.2. The smallest absolute Gasteiger partial charge is 0.462 e. The van der Waals surface area contributed by atoms with E-state index in [-0.39, 0.29) is 17.9 Å². The van der Waals surface area contributed by atoms with Gasteiger partial charge >= 0.3 is 7.82 Å². The van der Waals surface area contributed by atoms with Crippen molar-refractivity contribution in [3.63, 3.8) is 0 Å². The normalized spacial score (nSPS) is 30.7. The third-order valence-corrected chi connectivity index (χ3v) is 7.80. The SMILES string of the molecule is C=C1Oc2cc(CCCCC)cc(OP3(=O)OCCC(C)O3)c2C2C=C(C)CCC12. The van der Waals surface area contributed by atoms with E-state index < -0.39 is 7.82 Å². The maximum absolute atomic E-state index is 13.2. The molecule has 4 atom stereocenters. The van der Waals surface area contributed by atoms with Crippen LogP contribution in [0.15, 0.2) is 36.1 Å². The zero-order valence-corrected chi connectivity index (χ0v) is 19.2. The molecule has 0 bridgehead atoms. The van der Waals surface area contributed by atoms with Gasteiger partial charge in [0.15, 0.2) is 0 Å². The molecule has 0 aromatic heterocycles. The van der Waals surface area contributed by atoms with Crippen molar-refractivity contribution in [2.45, 2.75) is 77.7 Å². The van der Waals surface area contributed by atoms with Gasteiger partial charge in [-0.2, -0.15) is 0 Å². The molecule has 0 radical (unpaired) electrons. The van der Waals surface area contributed by atoms with Crippen LogP contribution in [0.3, 0.4) is 0 Å². The molecule has 0 saturated carbocycles. The van der Waals surface area contributed by atoms with Crippen molar-refractivity contribution in [3.05, 3.63) is 47.2 Å². The van der Waals surface area contributed by atoms with Gasteiger partial charge in [0.1, 0.15) is 17.3 Å². The molecular weight excluding hydrogens is 399 g/mol. The minimum Gasteiger partial charge on any atom is -0.462 e. The Morgan fingerprint density at radius 3 is 2.87 bits per heavy atom. The molecule has 1 fully saturated rings. The van der Waals surface area contributed by atoms with Gasteiger partial charge in [0, 0.05) is 17.4 Å². The largest absolute Gasteiger partial charge is 0.530 e. The van der Waals surface area contributed by atoms with Crippen molar-refractivity contribution in [2.75, 3.05) is 6.61 Å². The molecule has 2 aliphatic heterocycles. The lowest BCUT2D eigenvalue weighted by molar-refractivity contribution is 0.0605. The first-order chi connectivity index (χ1) is 14.4. The Kier molecular flexibility index (Phi) is 6.43. The van der Waals surface area contributed by atoms with E-state index in [2.05, 4.69) is 32.6 Å². The van der Waals surface area contributed by atoms with Crippen LogP contribution in [-0.2, 0) is 20.0 Å². The van der Waals surface area contributed by atoms with Crippen LogP contribution in [-0.4, -0.2) is 12.7 Å². The Bertz CT molecular complexity index is 890. The van der Waals surface area contributed by atoms with E-state index in [9.17, 15) is 4.57 Å². The van der Waals surface area contributed by atoms with Gasteiger partial charge in [-0.15, -0.1) is 0 Å². The van der Waals surface area contributed by atoms with E-state index in [0.29, 0.717) is 18.8 Å². The molecule has 6 heteroatoms. The molecule has 5 nitrogen and oxygen atoms in total. The van der Waals surface area contributed by atoms with Crippen LogP contribution in [0.2, 0.25) is 0 Å². The second-order valence-corrected chi connectivity index (χ2v) is 10.3. The highest BCUT2D eigenvalue weighted by molar-refractivity contribution is 7.49. The number of ether oxygens (including phenoxy) is 1. The van der Waals surface area contributed by atoms with Crippen molar-refractivity contribution in [3.8, 4) is 11.5 Å². The lowest BCUT2D eigenvalue weighted by Gasteiger charge is -2.38. The summed E-state index contributed by atoms with van der Waals surface area (Å²) in [6, 6.07) is 4.10. The number of phosphoric acid groups is 1. The van der Waals surface area contributed by atoms with Crippen molar-refractivity contribution < 1.29 is 22.9 Å². The molecule has 1 aromatic carbocycles. The fraction of sp³-hybridized carbons (Fsp3) is 0.583. The molecular formula is C24H33O5P. The van der Waals surface area contributed by atoms with Crippen LogP contribution in [0.5, 0.6) is 11.5 Å². The topological polar surface area (TPSA) is 54.0 Å². The van der Waals surface area contributed by atoms with Crippen LogP contribution in [0.25, 0.3) is 0 Å². The zero-order chi connectivity index (χ0) is 21.3. The molecule has 4 unspecified atom stereocenters. The van der Waals surface area contributed by atoms with E-state index in [4.69, 9.17) is 18.3 Å². The Morgan fingerprint density at radius 2 is 2.10 bits per heavy atom. The van der Waals surface area contributed by atoms with E-state index in [0.717, 1.165) is 61.2 Å². The minimum absolute atomic E-state index is 0.100. The highest BCUT2D eigenvalue weighted by Crippen LogP contribution is 2.58. The van der Waals surface area contributed by atoms with Crippen LogP contribution in [0.4, 0.5) is 0 Å². The summed E-state index contributed by atoms with van der Waals surface area (Å²) in [6.45, 7) is 10.8. The van der Waals surface area contributed by atoms with Crippen molar-refractivity contribution in [2.24, 2.45) is 5.92 Å². The van der Waals surface area contributed by atoms with Crippen molar-refractivity contribution in [1.82, 2.24) is 0 Å². The zero-order valence-electron chi connectivity index (χ0n) is 18.3. The van der Waals surface area contributed by atoms with E-state index in [1.54, 1.807) is 0 Å². The first-order valence-electron chi connectivity index (χ1n) is 11.2. The number of hydrogen-bond donors (Lipinski definition) is 0. The van der Waals surface area contributed by atoms with Crippen LogP contribution < -0.4 is 9.26 Å². The van der Waals surface area contributed by atoms with Gasteiger partial charge in [0.25, 0.3) is 0 Å². The average molecular weight is 432 g/mol. The van der Waals surface area contributed by atoms with Gasteiger partial charge < -0.3 is 9.26 Å². The number of unbranched alkanes of at least 4 members (excludes halogenated alkanes) is 2. The molecule has 4 rings (SSSR count). The van der Waals surface area contributed by atoms with Gasteiger partial charge in [-0.25, -0.2) is 4.57 Å². The fourth-order valence-corrected chi connectivity index (χ4v) is 6.02. The number of phosphoric ester groups is 1. The summed E-state index contributed by atoms with van der Waals surface area (Å²) in [5.74, 6) is 2.42. The Hall–Kier alpha value is -1.55. The second kappa shape index (κ2) is 8.90. The number of hydrogen-bond acceptors (Lipinski definition) is 5. The monoisotopic (exact) mass is 432 g/mol. The molecule has 2 heterocycles. The predicted molar refractivity (Wildman–Crippen MR) is 118 cm³/mol. The predicted octanol–water partition coefficient (Wildman–Crippen LogP) is 7.08. The third-order valence-electron chi connectivity index (χ3n) is 6.26. The number of benzene rings is 1. The summed E-state index contributed by atoms with van der Waals surface area (Å²) in [4.78, 5) is 0. The minimum atomic E-state index is -3.67. The molecule has 1 aliphatic carbocycles. The maximum Gasteiger partial charge on any atom is 0.530 e. The molecule has 0 amide bonds. The Balaban J connectivity index is 1.75. The molecule has 164 valence electrons. The highest BCUT2D eigenvalue weighted by Gasteiger charge is 2.41. The quantitative estimate of drug-likeness (QED) is 0.273. The third kappa shape index (κ3) is 4.54. The van der Waals surface area contributed by atoms with Gasteiger partial charge in [0.2, 0.25) is 0 Å². The van der Waals surface area contributed by atoms with Crippen molar-refractivity contribution in [1.29, 1.82) is 0 Å². The van der Waals surface area contributed by atoms with Crippen LogP contribution in [0.1, 0.15) is 76.3 Å². The van der Waals surface area contributed by atoms with E-state index in [1.807, 2.05) is 13.0 Å². The molecule has 30 heavy (non-hydrogen) atoms. The van der Waals surface area contributed by atoms with Gasteiger partial charge in [-0.1, -0.05) is 38.0 Å². The fourth-order valence-electron chi connectivity index (χ4n) is 4.60. The summed E-state index contributed by atoms with van der Waals surface area (Å²) < 4.78 is 36.6. The second-order valence-electron chi connectivity index (χ2n) is 8.79. The molecule has 3 aliphatic rings. The standard InChI is InChI=1S/C24H33O5P/c1-5-6-7-8-19-14-22-24(21-13-16(2)9-10-20(21)18(4)27-22)23(15-19)29-30(25)26-12-11-17(3)28-30/h13-15,17,20-21H,4-12H2,1-3H3. The number of fused-ring (bicyclic) bond motifs is 3. The van der Waals surface area contributed by atoms with Gasteiger partial charge in [-0.05, 0) is 63.6 Å². The summed E-state index contributed by atoms with van der Waals surface area (Å²) in [6.07, 6.45) is 9.18. The molecule has 0 spiro atoms. The molecule has 1 aromatic rings. The lowest BCUT2D eigenvalue weighted by Crippen LogP contribution is -2.26. The number of allylic oxidation sites excluding steroid dienone is 3.